The van der Waals surface area contributed by atoms with Gasteiger partial charge in [0.15, 0.2) is 0 Å². The zero-order chi connectivity index (χ0) is 8.53. The van der Waals surface area contributed by atoms with Gasteiger partial charge in [0, 0.05) is 18.1 Å². The van der Waals surface area contributed by atoms with Crippen molar-refractivity contribution in [1.82, 2.24) is 4.90 Å². The van der Waals surface area contributed by atoms with Crippen LogP contribution >= 0.6 is 21.6 Å². The SMILES string of the molecule is CCCSSCCN(C)CC. The average Bonchev–Trinajstić information content (AvgIpc) is 2.04. The van der Waals surface area contributed by atoms with E-state index in [2.05, 4.69) is 25.8 Å². The van der Waals surface area contributed by atoms with Gasteiger partial charge in [-0.15, -0.1) is 0 Å². The monoisotopic (exact) mass is 193 g/mol. The van der Waals surface area contributed by atoms with Crippen molar-refractivity contribution in [3.8, 4) is 0 Å². The van der Waals surface area contributed by atoms with Crippen molar-refractivity contribution < 1.29 is 0 Å². The number of rotatable bonds is 7. The normalized spacial score (nSPS) is 10.9. The van der Waals surface area contributed by atoms with Crippen molar-refractivity contribution >= 4 is 21.6 Å². The third-order valence-corrected chi connectivity index (χ3v) is 4.06. The van der Waals surface area contributed by atoms with Crippen LogP contribution in [0.4, 0.5) is 0 Å². The molecule has 0 heterocycles. The molecule has 0 radical (unpaired) electrons. The molecule has 0 rings (SSSR count). The van der Waals surface area contributed by atoms with E-state index in [1.165, 1.54) is 31.0 Å². The predicted molar refractivity (Wildman–Crippen MR) is 58.4 cm³/mol. The topological polar surface area (TPSA) is 3.24 Å². The number of nitrogens with zero attached hydrogens (tertiary/aromatic N) is 1. The fraction of sp³-hybridized carbons (Fsp3) is 1.00. The van der Waals surface area contributed by atoms with Crippen LogP contribution in [0.3, 0.4) is 0 Å². The second kappa shape index (κ2) is 8.75. The molecule has 0 aliphatic heterocycles. The molecule has 0 aliphatic carbocycles. The minimum atomic E-state index is 1.17. The van der Waals surface area contributed by atoms with Gasteiger partial charge in [-0.1, -0.05) is 35.4 Å². The largest absolute Gasteiger partial charge is 0.306 e. The van der Waals surface area contributed by atoms with Gasteiger partial charge >= 0.3 is 0 Å². The molecule has 11 heavy (non-hydrogen) atoms. The maximum Gasteiger partial charge on any atom is 0.0165 e. The van der Waals surface area contributed by atoms with E-state index in [9.17, 15) is 0 Å². The minimum Gasteiger partial charge on any atom is -0.306 e. The fourth-order valence-corrected chi connectivity index (χ4v) is 2.77. The van der Waals surface area contributed by atoms with Crippen molar-refractivity contribution in [3.05, 3.63) is 0 Å². The van der Waals surface area contributed by atoms with Gasteiger partial charge < -0.3 is 4.90 Å². The van der Waals surface area contributed by atoms with E-state index in [1.54, 1.807) is 0 Å². The summed E-state index contributed by atoms with van der Waals surface area (Å²) in [6.45, 7) is 6.81. The predicted octanol–water partition coefficient (Wildman–Crippen LogP) is 2.73. The molecule has 0 atom stereocenters. The molecule has 0 aromatic heterocycles. The van der Waals surface area contributed by atoms with E-state index >= 15 is 0 Å². The fourth-order valence-electron chi connectivity index (χ4n) is 0.552. The highest BCUT2D eigenvalue weighted by Crippen LogP contribution is 2.21. The summed E-state index contributed by atoms with van der Waals surface area (Å²) in [5, 5.41) is 0. The van der Waals surface area contributed by atoms with Crippen molar-refractivity contribution in [2.24, 2.45) is 0 Å². The van der Waals surface area contributed by atoms with Gasteiger partial charge in [-0.3, -0.25) is 0 Å². The first-order valence-corrected chi connectivity index (χ1v) is 6.73. The molecule has 1 nitrogen and oxygen atoms in total. The highest BCUT2D eigenvalue weighted by molar-refractivity contribution is 8.76. The molecule has 0 fully saturated rings. The summed E-state index contributed by atoms with van der Waals surface area (Å²) in [5.74, 6) is 2.55. The number of hydrogen-bond donors (Lipinski definition) is 0. The lowest BCUT2D eigenvalue weighted by atomic mass is 10.6. The van der Waals surface area contributed by atoms with Crippen LogP contribution in [-0.2, 0) is 0 Å². The summed E-state index contributed by atoms with van der Waals surface area (Å²) >= 11 is 0. The Morgan fingerprint density at radius 2 is 1.73 bits per heavy atom. The summed E-state index contributed by atoms with van der Waals surface area (Å²) in [4.78, 5) is 2.35. The Hall–Kier alpha value is 0.660. The maximum atomic E-state index is 2.35. The van der Waals surface area contributed by atoms with Crippen LogP contribution in [0, 0.1) is 0 Å². The van der Waals surface area contributed by atoms with Gasteiger partial charge in [-0.25, -0.2) is 0 Å². The zero-order valence-electron chi connectivity index (χ0n) is 7.80. The van der Waals surface area contributed by atoms with Gasteiger partial charge in [-0.05, 0) is 20.0 Å². The standard InChI is InChI=1S/C8H19NS2/c1-4-7-10-11-8-6-9(3)5-2/h4-8H2,1-3H3. The van der Waals surface area contributed by atoms with Crippen LogP contribution < -0.4 is 0 Å². The highest BCUT2D eigenvalue weighted by Gasteiger charge is 1.93. The third kappa shape index (κ3) is 8.57. The molecule has 0 aromatic carbocycles. The number of hydrogen-bond acceptors (Lipinski definition) is 3. The Morgan fingerprint density at radius 3 is 2.27 bits per heavy atom. The van der Waals surface area contributed by atoms with Crippen molar-refractivity contribution in [3.63, 3.8) is 0 Å². The zero-order valence-corrected chi connectivity index (χ0v) is 9.43. The summed E-state index contributed by atoms with van der Waals surface area (Å²) < 4.78 is 0. The summed E-state index contributed by atoms with van der Waals surface area (Å²) in [6, 6.07) is 0. The molecular formula is C8H19NS2. The Kier molecular flexibility index (Phi) is 9.28. The van der Waals surface area contributed by atoms with Gasteiger partial charge in [0.05, 0.1) is 0 Å². The van der Waals surface area contributed by atoms with Crippen LogP contribution in [-0.4, -0.2) is 36.5 Å². The van der Waals surface area contributed by atoms with Gasteiger partial charge in [0.2, 0.25) is 0 Å². The quantitative estimate of drug-likeness (QED) is 0.452. The molecule has 0 amide bonds. The Balaban J connectivity index is 2.89. The first-order valence-electron chi connectivity index (χ1n) is 4.24. The molecule has 0 aromatic rings. The molecule has 0 spiro atoms. The lowest BCUT2D eigenvalue weighted by molar-refractivity contribution is 0.377. The molecule has 0 unspecified atom stereocenters. The second-order valence-electron chi connectivity index (χ2n) is 2.54. The summed E-state index contributed by atoms with van der Waals surface area (Å²) in [7, 11) is 6.16. The molecule has 68 valence electrons. The van der Waals surface area contributed by atoms with Gasteiger partial charge in [0.1, 0.15) is 0 Å². The summed E-state index contributed by atoms with van der Waals surface area (Å²) in [5.41, 5.74) is 0. The lowest BCUT2D eigenvalue weighted by Crippen LogP contribution is -2.20. The van der Waals surface area contributed by atoms with E-state index in [0.29, 0.717) is 0 Å². The molecular weight excluding hydrogens is 174 g/mol. The minimum absolute atomic E-state index is 1.17. The molecule has 0 aliphatic rings. The third-order valence-electron chi connectivity index (χ3n) is 1.47. The first-order chi connectivity index (χ1) is 5.31. The van der Waals surface area contributed by atoms with Gasteiger partial charge in [0.25, 0.3) is 0 Å². The lowest BCUT2D eigenvalue weighted by Gasteiger charge is -2.12. The van der Waals surface area contributed by atoms with Crippen molar-refractivity contribution in [1.29, 1.82) is 0 Å². The van der Waals surface area contributed by atoms with Crippen LogP contribution in [0.5, 0.6) is 0 Å². The average molecular weight is 193 g/mol. The first kappa shape index (κ1) is 11.7. The summed E-state index contributed by atoms with van der Waals surface area (Å²) in [6.07, 6.45) is 1.29. The van der Waals surface area contributed by atoms with E-state index < -0.39 is 0 Å². The maximum absolute atomic E-state index is 2.35. The van der Waals surface area contributed by atoms with Crippen LogP contribution in [0.1, 0.15) is 20.3 Å². The van der Waals surface area contributed by atoms with Crippen molar-refractivity contribution in [2.45, 2.75) is 20.3 Å². The van der Waals surface area contributed by atoms with Crippen LogP contribution in [0.2, 0.25) is 0 Å². The van der Waals surface area contributed by atoms with E-state index in [-0.39, 0.29) is 0 Å². The van der Waals surface area contributed by atoms with E-state index in [4.69, 9.17) is 0 Å². The van der Waals surface area contributed by atoms with Crippen LogP contribution in [0.25, 0.3) is 0 Å². The Bertz CT molecular complexity index is 78.5. The Morgan fingerprint density at radius 1 is 1.09 bits per heavy atom. The molecule has 0 saturated carbocycles. The molecule has 0 saturated heterocycles. The second-order valence-corrected chi connectivity index (χ2v) is 5.24. The van der Waals surface area contributed by atoms with E-state index in [1.807, 2.05) is 21.6 Å². The smallest absolute Gasteiger partial charge is 0.0165 e. The van der Waals surface area contributed by atoms with Crippen molar-refractivity contribution in [2.75, 3.05) is 31.6 Å². The van der Waals surface area contributed by atoms with E-state index in [0.717, 1.165) is 0 Å². The molecule has 3 heteroatoms. The van der Waals surface area contributed by atoms with Gasteiger partial charge in [-0.2, -0.15) is 0 Å². The molecule has 0 bridgehead atoms. The van der Waals surface area contributed by atoms with Crippen LogP contribution in [0.15, 0.2) is 0 Å². The molecule has 0 N–H and O–H groups in total. The Labute approximate surface area is 78.7 Å². The highest BCUT2D eigenvalue weighted by atomic mass is 33.1.